The molecule has 0 radical (unpaired) electrons. The second-order valence-electron chi connectivity index (χ2n) is 4.91. The molecule has 114 valence electrons. The first-order valence-electron chi connectivity index (χ1n) is 6.88. The van der Waals surface area contributed by atoms with E-state index in [2.05, 4.69) is 20.3 Å². The van der Waals surface area contributed by atoms with Crippen molar-refractivity contribution in [2.24, 2.45) is 0 Å². The Hall–Kier alpha value is -3.35. The van der Waals surface area contributed by atoms with Crippen LogP contribution in [0.1, 0.15) is 5.56 Å². The summed E-state index contributed by atoms with van der Waals surface area (Å²) in [5.74, 6) is 0.509. The van der Waals surface area contributed by atoms with Gasteiger partial charge in [0.25, 0.3) is 5.69 Å². The average Bonchev–Trinajstić information content (AvgIpc) is 2.58. The molecule has 0 atom stereocenters. The van der Waals surface area contributed by atoms with Gasteiger partial charge in [-0.25, -0.2) is 4.98 Å². The molecule has 0 aliphatic rings. The van der Waals surface area contributed by atoms with E-state index < -0.39 is 4.92 Å². The number of rotatable bonds is 4. The number of nitro benzene ring substituents is 1. The average molecular weight is 307 g/mol. The van der Waals surface area contributed by atoms with Gasteiger partial charge in [-0.2, -0.15) is 0 Å². The molecule has 0 aliphatic carbocycles. The van der Waals surface area contributed by atoms with Crippen LogP contribution in [0.25, 0.3) is 11.3 Å². The Morgan fingerprint density at radius 2 is 2.00 bits per heavy atom. The van der Waals surface area contributed by atoms with E-state index in [9.17, 15) is 10.1 Å². The molecule has 1 N–H and O–H groups in total. The molecule has 0 unspecified atom stereocenters. The second kappa shape index (κ2) is 6.18. The maximum atomic E-state index is 10.9. The monoisotopic (exact) mass is 307 g/mol. The minimum Gasteiger partial charge on any atom is -0.339 e. The summed E-state index contributed by atoms with van der Waals surface area (Å²) in [6, 6.07) is 8.35. The van der Waals surface area contributed by atoms with Crippen LogP contribution in [0.4, 0.5) is 17.2 Å². The summed E-state index contributed by atoms with van der Waals surface area (Å²) in [5.41, 5.74) is 3.04. The number of hydrogen-bond acceptors (Lipinski definition) is 6. The molecule has 0 bridgehead atoms. The molecule has 0 amide bonds. The molecule has 7 nitrogen and oxygen atoms in total. The largest absolute Gasteiger partial charge is 0.339 e. The van der Waals surface area contributed by atoms with Crippen molar-refractivity contribution in [3.63, 3.8) is 0 Å². The number of hydrogen-bond donors (Lipinski definition) is 1. The Morgan fingerprint density at radius 3 is 2.74 bits per heavy atom. The van der Waals surface area contributed by atoms with Crippen LogP contribution in [0, 0.1) is 17.0 Å². The summed E-state index contributed by atoms with van der Waals surface area (Å²) in [6.07, 6.45) is 6.60. The summed E-state index contributed by atoms with van der Waals surface area (Å²) in [6.45, 7) is 1.87. The van der Waals surface area contributed by atoms with E-state index >= 15 is 0 Å². The summed E-state index contributed by atoms with van der Waals surface area (Å²) >= 11 is 0. The van der Waals surface area contributed by atoms with Gasteiger partial charge >= 0.3 is 0 Å². The third-order valence-corrected chi connectivity index (χ3v) is 3.29. The molecule has 7 heteroatoms. The van der Waals surface area contributed by atoms with E-state index in [1.807, 2.05) is 19.1 Å². The molecule has 2 aromatic heterocycles. The van der Waals surface area contributed by atoms with Gasteiger partial charge in [0.1, 0.15) is 5.82 Å². The maximum Gasteiger partial charge on any atom is 0.271 e. The smallest absolute Gasteiger partial charge is 0.271 e. The van der Waals surface area contributed by atoms with E-state index in [1.165, 1.54) is 12.1 Å². The zero-order valence-electron chi connectivity index (χ0n) is 12.3. The van der Waals surface area contributed by atoms with E-state index in [0.29, 0.717) is 17.2 Å². The molecule has 0 aliphatic heterocycles. The molecule has 3 aromatic rings. The minimum atomic E-state index is -0.428. The Kier molecular flexibility index (Phi) is 3.92. The first kappa shape index (κ1) is 14.6. The van der Waals surface area contributed by atoms with Crippen LogP contribution < -0.4 is 5.32 Å². The van der Waals surface area contributed by atoms with Gasteiger partial charge in [0.05, 0.1) is 23.0 Å². The number of aromatic nitrogens is 3. The molecule has 0 fully saturated rings. The van der Waals surface area contributed by atoms with Crippen molar-refractivity contribution in [3.8, 4) is 11.3 Å². The van der Waals surface area contributed by atoms with Crippen molar-refractivity contribution in [1.29, 1.82) is 0 Å². The van der Waals surface area contributed by atoms with Crippen molar-refractivity contribution < 1.29 is 4.92 Å². The molecule has 0 spiro atoms. The lowest BCUT2D eigenvalue weighted by atomic mass is 10.2. The van der Waals surface area contributed by atoms with Crippen LogP contribution in [0.5, 0.6) is 0 Å². The van der Waals surface area contributed by atoms with Crippen molar-refractivity contribution in [1.82, 2.24) is 15.0 Å². The predicted octanol–water partition coefficient (Wildman–Crippen LogP) is 3.50. The van der Waals surface area contributed by atoms with Crippen molar-refractivity contribution in [2.75, 3.05) is 5.32 Å². The Balaban J connectivity index is 1.92. The van der Waals surface area contributed by atoms with Gasteiger partial charge in [-0.1, -0.05) is 6.07 Å². The minimum absolute atomic E-state index is 0.0227. The SMILES string of the molecule is Cc1ccc([N+](=O)[O-])cc1Nc1cncc(-c2cccnc2)n1. The number of benzene rings is 1. The standard InChI is InChI=1S/C16H13N5O2/c1-11-4-5-13(21(22)23)7-14(11)19-16-10-18-9-15(20-16)12-3-2-6-17-8-12/h2-10H,1H3,(H,19,20). The first-order valence-corrected chi connectivity index (χ1v) is 6.88. The normalized spacial score (nSPS) is 10.3. The molecule has 3 rings (SSSR count). The lowest BCUT2D eigenvalue weighted by Crippen LogP contribution is -1.99. The number of non-ortho nitro benzene ring substituents is 1. The number of nitrogens with zero attached hydrogens (tertiary/aromatic N) is 4. The highest BCUT2D eigenvalue weighted by Crippen LogP contribution is 2.25. The van der Waals surface area contributed by atoms with Crippen LogP contribution in [-0.4, -0.2) is 19.9 Å². The third kappa shape index (κ3) is 3.29. The number of pyridine rings is 1. The topological polar surface area (TPSA) is 93.8 Å². The lowest BCUT2D eigenvalue weighted by molar-refractivity contribution is -0.384. The van der Waals surface area contributed by atoms with Crippen LogP contribution >= 0.6 is 0 Å². The zero-order valence-corrected chi connectivity index (χ0v) is 12.3. The molecule has 1 aromatic carbocycles. The number of aryl methyl sites for hydroxylation is 1. The number of anilines is 2. The second-order valence-corrected chi connectivity index (χ2v) is 4.91. The summed E-state index contributed by atoms with van der Waals surface area (Å²) in [4.78, 5) is 23.2. The van der Waals surface area contributed by atoms with Gasteiger partial charge in [0.2, 0.25) is 0 Å². The lowest BCUT2D eigenvalue weighted by Gasteiger charge is -2.09. The van der Waals surface area contributed by atoms with Gasteiger partial charge in [-0.3, -0.25) is 20.1 Å². The highest BCUT2D eigenvalue weighted by molar-refractivity contribution is 5.65. The third-order valence-electron chi connectivity index (χ3n) is 3.29. The van der Waals surface area contributed by atoms with Gasteiger partial charge in [-0.05, 0) is 24.6 Å². The van der Waals surface area contributed by atoms with Crippen molar-refractivity contribution >= 4 is 17.2 Å². The predicted molar refractivity (Wildman–Crippen MR) is 86.4 cm³/mol. The molecule has 23 heavy (non-hydrogen) atoms. The number of nitrogens with one attached hydrogen (secondary N) is 1. The molecular formula is C16H13N5O2. The molecule has 0 saturated heterocycles. The first-order chi connectivity index (χ1) is 11.1. The van der Waals surface area contributed by atoms with Crippen LogP contribution in [-0.2, 0) is 0 Å². The van der Waals surface area contributed by atoms with E-state index in [4.69, 9.17) is 0 Å². The van der Waals surface area contributed by atoms with Gasteiger partial charge in [-0.15, -0.1) is 0 Å². The molecular weight excluding hydrogens is 294 g/mol. The van der Waals surface area contributed by atoms with Crippen LogP contribution in [0.2, 0.25) is 0 Å². The maximum absolute atomic E-state index is 10.9. The Bertz CT molecular complexity index is 852. The van der Waals surface area contributed by atoms with Crippen molar-refractivity contribution in [3.05, 3.63) is 70.8 Å². The summed E-state index contributed by atoms with van der Waals surface area (Å²) in [5, 5.41) is 14.0. The summed E-state index contributed by atoms with van der Waals surface area (Å²) in [7, 11) is 0. The van der Waals surface area contributed by atoms with Gasteiger partial charge < -0.3 is 5.32 Å². The fourth-order valence-electron chi connectivity index (χ4n) is 2.08. The van der Waals surface area contributed by atoms with Gasteiger partial charge in [0.15, 0.2) is 0 Å². The van der Waals surface area contributed by atoms with E-state index in [0.717, 1.165) is 11.1 Å². The summed E-state index contributed by atoms with van der Waals surface area (Å²) < 4.78 is 0. The zero-order chi connectivity index (χ0) is 16.2. The number of nitro groups is 1. The van der Waals surface area contributed by atoms with Crippen LogP contribution in [0.15, 0.2) is 55.1 Å². The molecule has 2 heterocycles. The quantitative estimate of drug-likeness (QED) is 0.585. The fraction of sp³-hybridized carbons (Fsp3) is 0.0625. The molecule has 0 saturated carbocycles. The van der Waals surface area contributed by atoms with Crippen LogP contribution in [0.3, 0.4) is 0 Å². The highest BCUT2D eigenvalue weighted by Gasteiger charge is 2.10. The van der Waals surface area contributed by atoms with E-state index in [1.54, 1.807) is 30.9 Å². The van der Waals surface area contributed by atoms with Gasteiger partial charge in [0, 0.05) is 35.8 Å². The Labute approximate surface area is 132 Å². The Morgan fingerprint density at radius 1 is 1.13 bits per heavy atom. The van der Waals surface area contributed by atoms with E-state index in [-0.39, 0.29) is 5.69 Å². The highest BCUT2D eigenvalue weighted by atomic mass is 16.6. The fourth-order valence-corrected chi connectivity index (χ4v) is 2.08. The van der Waals surface area contributed by atoms with Crippen molar-refractivity contribution in [2.45, 2.75) is 6.92 Å².